The van der Waals surface area contributed by atoms with Crippen LogP contribution in [0.1, 0.15) is 32.0 Å². The normalized spacial score (nSPS) is 20.4. The summed E-state index contributed by atoms with van der Waals surface area (Å²) in [5, 5.41) is 9.58. The molecule has 88 valence electrons. The van der Waals surface area contributed by atoms with Crippen LogP contribution in [0.3, 0.4) is 0 Å². The average molecular weight is 223 g/mol. The second-order valence-electron chi connectivity index (χ2n) is 4.41. The first-order chi connectivity index (χ1) is 7.66. The predicted molar refractivity (Wildman–Crippen MR) is 59.0 cm³/mol. The van der Waals surface area contributed by atoms with Gasteiger partial charge in [0.05, 0.1) is 0 Å². The summed E-state index contributed by atoms with van der Waals surface area (Å²) >= 11 is 0. The quantitative estimate of drug-likeness (QED) is 0.775. The molecule has 1 saturated heterocycles. The summed E-state index contributed by atoms with van der Waals surface area (Å²) in [5.41, 5.74) is 0. The number of carbonyl (C=O) groups is 1. The molecule has 1 aromatic rings. The molecule has 2 amide bonds. The predicted octanol–water partition coefficient (Wildman–Crippen LogP) is 0.712. The molecule has 0 bridgehead atoms. The summed E-state index contributed by atoms with van der Waals surface area (Å²) in [5.74, 6) is 1.17. The fourth-order valence-electron chi connectivity index (χ4n) is 1.92. The third-order valence-corrected chi connectivity index (χ3v) is 2.71. The summed E-state index contributed by atoms with van der Waals surface area (Å²) < 4.78 is 0. The Morgan fingerprint density at radius 1 is 1.69 bits per heavy atom. The van der Waals surface area contributed by atoms with Crippen LogP contribution in [0.2, 0.25) is 0 Å². The monoisotopic (exact) mass is 223 g/mol. The third-order valence-electron chi connectivity index (χ3n) is 2.71. The second-order valence-corrected chi connectivity index (χ2v) is 4.41. The highest BCUT2D eigenvalue weighted by molar-refractivity contribution is 5.74. The van der Waals surface area contributed by atoms with Crippen molar-refractivity contribution in [1.82, 2.24) is 25.4 Å². The van der Waals surface area contributed by atoms with Gasteiger partial charge in [-0.1, -0.05) is 0 Å². The topological polar surface area (TPSA) is 73.9 Å². The lowest BCUT2D eigenvalue weighted by Gasteiger charge is -2.18. The van der Waals surface area contributed by atoms with E-state index in [2.05, 4.69) is 20.5 Å². The average Bonchev–Trinajstić information content (AvgIpc) is 2.87. The van der Waals surface area contributed by atoms with E-state index in [0.29, 0.717) is 12.5 Å². The van der Waals surface area contributed by atoms with Crippen molar-refractivity contribution in [3.8, 4) is 0 Å². The number of H-pyrrole nitrogens is 1. The summed E-state index contributed by atoms with van der Waals surface area (Å²) in [7, 11) is 0. The van der Waals surface area contributed by atoms with E-state index in [0.717, 1.165) is 18.8 Å². The smallest absolute Gasteiger partial charge is 0.317 e. The summed E-state index contributed by atoms with van der Waals surface area (Å²) in [6.45, 7) is 5.42. The maximum atomic E-state index is 11.7. The highest BCUT2D eigenvalue weighted by Crippen LogP contribution is 2.23. The highest BCUT2D eigenvalue weighted by Gasteiger charge is 2.28. The minimum Gasteiger partial charge on any atom is -0.336 e. The van der Waals surface area contributed by atoms with Gasteiger partial charge in [0, 0.05) is 25.0 Å². The number of aromatic nitrogens is 3. The Balaban J connectivity index is 1.91. The fourth-order valence-corrected chi connectivity index (χ4v) is 1.92. The fraction of sp³-hybridized carbons (Fsp3) is 0.700. The Bertz CT molecular complexity index is 348. The van der Waals surface area contributed by atoms with Crippen LogP contribution in [0, 0.1) is 0 Å². The van der Waals surface area contributed by atoms with Crippen molar-refractivity contribution in [1.29, 1.82) is 0 Å². The molecule has 16 heavy (non-hydrogen) atoms. The lowest BCUT2D eigenvalue weighted by Crippen LogP contribution is -2.41. The number of carbonyl (C=O) groups excluding carboxylic acids is 1. The molecule has 6 heteroatoms. The standard InChI is InChI=1S/C10H17N5O/c1-7(2)13-10(16)15-4-3-8(5-15)9-11-6-12-14-9/h6-8H,3-5H2,1-2H3,(H,13,16)(H,11,12,14). The van der Waals surface area contributed by atoms with Gasteiger partial charge in [-0.3, -0.25) is 5.10 Å². The third kappa shape index (κ3) is 2.32. The molecule has 1 aliphatic heterocycles. The molecular formula is C10H17N5O. The number of amides is 2. The zero-order chi connectivity index (χ0) is 11.5. The Kier molecular flexibility index (Phi) is 3.07. The van der Waals surface area contributed by atoms with E-state index >= 15 is 0 Å². The number of nitrogens with one attached hydrogen (secondary N) is 2. The first kappa shape index (κ1) is 10.9. The van der Waals surface area contributed by atoms with E-state index in [9.17, 15) is 4.79 Å². The van der Waals surface area contributed by atoms with Crippen LogP contribution in [0.4, 0.5) is 4.79 Å². The second kappa shape index (κ2) is 4.51. The number of hydrogen-bond acceptors (Lipinski definition) is 3. The zero-order valence-corrected chi connectivity index (χ0v) is 9.60. The first-order valence-corrected chi connectivity index (χ1v) is 5.57. The molecule has 1 atom stereocenters. The van der Waals surface area contributed by atoms with Gasteiger partial charge in [-0.25, -0.2) is 9.78 Å². The molecule has 1 unspecified atom stereocenters. The molecule has 0 aliphatic carbocycles. The van der Waals surface area contributed by atoms with Crippen LogP contribution >= 0.6 is 0 Å². The van der Waals surface area contributed by atoms with Gasteiger partial charge in [0.25, 0.3) is 0 Å². The molecule has 1 aromatic heterocycles. The van der Waals surface area contributed by atoms with Crippen LogP contribution < -0.4 is 5.32 Å². The van der Waals surface area contributed by atoms with Gasteiger partial charge >= 0.3 is 6.03 Å². The van der Waals surface area contributed by atoms with Crippen molar-refractivity contribution < 1.29 is 4.79 Å². The summed E-state index contributed by atoms with van der Waals surface area (Å²) in [6, 6.07) is 0.189. The molecule has 6 nitrogen and oxygen atoms in total. The molecule has 1 aliphatic rings. The number of aromatic amines is 1. The molecule has 2 rings (SSSR count). The van der Waals surface area contributed by atoms with Crippen molar-refractivity contribution in [2.45, 2.75) is 32.2 Å². The lowest BCUT2D eigenvalue weighted by atomic mass is 10.1. The summed E-state index contributed by atoms with van der Waals surface area (Å²) in [6.07, 6.45) is 2.45. The van der Waals surface area contributed by atoms with Gasteiger partial charge in [0.1, 0.15) is 12.2 Å². The largest absolute Gasteiger partial charge is 0.336 e. The van der Waals surface area contributed by atoms with Gasteiger partial charge in [-0.15, -0.1) is 0 Å². The molecule has 0 saturated carbocycles. The number of rotatable bonds is 2. The SMILES string of the molecule is CC(C)NC(=O)N1CCC(c2ncn[nH]2)C1. The van der Waals surface area contributed by atoms with E-state index in [1.165, 1.54) is 6.33 Å². The van der Waals surface area contributed by atoms with Gasteiger partial charge in [-0.2, -0.15) is 5.10 Å². The van der Waals surface area contributed by atoms with Crippen molar-refractivity contribution in [3.05, 3.63) is 12.2 Å². The Morgan fingerprint density at radius 2 is 2.50 bits per heavy atom. The summed E-state index contributed by atoms with van der Waals surface area (Å²) in [4.78, 5) is 17.7. The van der Waals surface area contributed by atoms with Crippen LogP contribution in [0.5, 0.6) is 0 Å². The van der Waals surface area contributed by atoms with Gasteiger partial charge in [0.2, 0.25) is 0 Å². The number of likely N-dealkylation sites (tertiary alicyclic amines) is 1. The van der Waals surface area contributed by atoms with E-state index < -0.39 is 0 Å². The number of urea groups is 1. The number of hydrogen-bond donors (Lipinski definition) is 2. The Hall–Kier alpha value is -1.59. The zero-order valence-electron chi connectivity index (χ0n) is 9.60. The van der Waals surface area contributed by atoms with Gasteiger partial charge in [-0.05, 0) is 20.3 Å². The molecule has 0 radical (unpaired) electrons. The van der Waals surface area contributed by atoms with Gasteiger partial charge < -0.3 is 10.2 Å². The van der Waals surface area contributed by atoms with E-state index in [4.69, 9.17) is 0 Å². The molecule has 0 spiro atoms. The van der Waals surface area contributed by atoms with Crippen molar-refractivity contribution >= 4 is 6.03 Å². The minimum absolute atomic E-state index is 0.0111. The van der Waals surface area contributed by atoms with Crippen LogP contribution in [0.25, 0.3) is 0 Å². The van der Waals surface area contributed by atoms with Gasteiger partial charge in [0.15, 0.2) is 0 Å². The molecule has 0 aromatic carbocycles. The van der Waals surface area contributed by atoms with Crippen LogP contribution in [-0.2, 0) is 0 Å². The molecule has 1 fully saturated rings. The van der Waals surface area contributed by atoms with Crippen molar-refractivity contribution in [2.75, 3.05) is 13.1 Å². The van der Waals surface area contributed by atoms with E-state index in [1.807, 2.05) is 18.7 Å². The number of nitrogens with zero attached hydrogens (tertiary/aromatic N) is 3. The van der Waals surface area contributed by atoms with Crippen molar-refractivity contribution in [3.63, 3.8) is 0 Å². The molecule has 2 N–H and O–H groups in total. The van der Waals surface area contributed by atoms with Crippen LogP contribution in [-0.4, -0.2) is 45.2 Å². The Labute approximate surface area is 94.4 Å². The van der Waals surface area contributed by atoms with E-state index in [1.54, 1.807) is 0 Å². The van der Waals surface area contributed by atoms with Crippen molar-refractivity contribution in [2.24, 2.45) is 0 Å². The first-order valence-electron chi connectivity index (χ1n) is 5.57. The van der Waals surface area contributed by atoms with Crippen LogP contribution in [0.15, 0.2) is 6.33 Å². The minimum atomic E-state index is 0.0111. The molecule has 2 heterocycles. The highest BCUT2D eigenvalue weighted by atomic mass is 16.2. The lowest BCUT2D eigenvalue weighted by molar-refractivity contribution is 0.205. The maximum Gasteiger partial charge on any atom is 0.317 e. The van der Waals surface area contributed by atoms with E-state index in [-0.39, 0.29) is 12.1 Å². The Morgan fingerprint density at radius 3 is 3.12 bits per heavy atom. The molecular weight excluding hydrogens is 206 g/mol. The maximum absolute atomic E-state index is 11.7.